The molecule has 0 spiro atoms. The molecule has 17 heavy (non-hydrogen) atoms. The molecule has 0 saturated carbocycles. The maximum Gasteiger partial charge on any atom is 0.104 e. The summed E-state index contributed by atoms with van der Waals surface area (Å²) in [6.45, 7) is 7.00. The minimum Gasteiger partial charge on any atom is -0.300 e. The molecule has 1 aromatic rings. The zero-order chi connectivity index (χ0) is 12.7. The number of nitrogens with zero attached hydrogens (tertiary/aromatic N) is 1. The van der Waals surface area contributed by atoms with Gasteiger partial charge in [0.2, 0.25) is 0 Å². The first kappa shape index (κ1) is 14.1. The molecule has 0 heterocycles. The molecule has 0 aromatic heterocycles. The van der Waals surface area contributed by atoms with Crippen molar-refractivity contribution in [2.45, 2.75) is 42.9 Å². The van der Waals surface area contributed by atoms with Crippen LogP contribution in [-0.2, 0) is 0 Å². The van der Waals surface area contributed by atoms with E-state index in [-0.39, 0.29) is 0 Å². The Morgan fingerprint density at radius 3 is 2.59 bits per heavy atom. The Labute approximate surface area is 108 Å². The first-order valence-electron chi connectivity index (χ1n) is 5.97. The molecule has 0 bridgehead atoms. The fourth-order valence-corrected chi connectivity index (χ4v) is 3.09. The summed E-state index contributed by atoms with van der Waals surface area (Å²) in [4.78, 5) is 1.26. The molecule has 0 fully saturated rings. The molecule has 0 aliphatic carbocycles. The summed E-state index contributed by atoms with van der Waals surface area (Å²) < 4.78 is 0. The number of thioether (sulfide) groups is 1. The van der Waals surface area contributed by atoms with E-state index < -0.39 is 5.54 Å². The highest BCUT2D eigenvalue weighted by molar-refractivity contribution is 7.99. The highest BCUT2D eigenvalue weighted by atomic mass is 32.2. The first-order valence-corrected chi connectivity index (χ1v) is 6.85. The van der Waals surface area contributed by atoms with Gasteiger partial charge in [-0.2, -0.15) is 5.26 Å². The number of rotatable bonds is 6. The van der Waals surface area contributed by atoms with Crippen LogP contribution in [0.25, 0.3) is 0 Å². The third-order valence-corrected chi connectivity index (χ3v) is 3.70. The van der Waals surface area contributed by atoms with E-state index in [1.54, 1.807) is 0 Å². The molecule has 1 N–H and O–H groups in total. The second kappa shape index (κ2) is 6.68. The van der Waals surface area contributed by atoms with Crippen molar-refractivity contribution in [1.29, 1.82) is 5.26 Å². The summed E-state index contributed by atoms with van der Waals surface area (Å²) in [7, 11) is 0. The average Bonchev–Trinajstić information content (AvgIpc) is 2.30. The van der Waals surface area contributed by atoms with E-state index in [0.717, 1.165) is 13.0 Å². The predicted molar refractivity (Wildman–Crippen MR) is 74.1 cm³/mol. The molecule has 3 heteroatoms. The minimum absolute atomic E-state index is 0.418. The van der Waals surface area contributed by atoms with Crippen LogP contribution in [0.3, 0.4) is 0 Å². The van der Waals surface area contributed by atoms with Crippen LogP contribution in [0.2, 0.25) is 0 Å². The Balaban J connectivity index is 2.55. The molecular formula is C14H20N2S. The normalized spacial score (nSPS) is 15.9. The zero-order valence-corrected chi connectivity index (χ0v) is 11.6. The molecule has 2 nitrogen and oxygen atoms in total. The monoisotopic (exact) mass is 248 g/mol. The molecule has 0 amide bonds. The van der Waals surface area contributed by atoms with Crippen LogP contribution in [-0.4, -0.2) is 17.3 Å². The Kier molecular flexibility index (Phi) is 5.54. The van der Waals surface area contributed by atoms with Gasteiger partial charge in [0.1, 0.15) is 5.54 Å². The summed E-state index contributed by atoms with van der Waals surface area (Å²) in [6.07, 6.45) is 0.844. The van der Waals surface area contributed by atoms with E-state index in [1.807, 2.05) is 43.8 Å². The van der Waals surface area contributed by atoms with Gasteiger partial charge < -0.3 is 0 Å². The van der Waals surface area contributed by atoms with Crippen molar-refractivity contribution in [2.24, 2.45) is 0 Å². The lowest BCUT2D eigenvalue weighted by Gasteiger charge is -2.25. The van der Waals surface area contributed by atoms with Crippen molar-refractivity contribution >= 4 is 11.8 Å². The Morgan fingerprint density at radius 1 is 1.41 bits per heavy atom. The summed E-state index contributed by atoms with van der Waals surface area (Å²) in [6, 6.07) is 12.7. The van der Waals surface area contributed by atoms with Gasteiger partial charge in [-0.25, -0.2) is 0 Å². The maximum atomic E-state index is 9.21. The highest BCUT2D eigenvalue weighted by Crippen LogP contribution is 2.28. The molecule has 0 saturated heterocycles. The van der Waals surface area contributed by atoms with E-state index in [1.165, 1.54) is 4.90 Å². The van der Waals surface area contributed by atoms with E-state index in [0.29, 0.717) is 5.25 Å². The van der Waals surface area contributed by atoms with Gasteiger partial charge in [-0.15, -0.1) is 11.8 Å². The lowest BCUT2D eigenvalue weighted by atomic mass is 9.98. The van der Waals surface area contributed by atoms with Crippen molar-refractivity contribution in [1.82, 2.24) is 5.32 Å². The van der Waals surface area contributed by atoms with Crippen molar-refractivity contribution in [2.75, 3.05) is 6.54 Å². The molecule has 2 unspecified atom stereocenters. The SMILES string of the molecule is CCNC(C)(C#N)CC(C)Sc1ccccc1. The lowest BCUT2D eigenvalue weighted by Crippen LogP contribution is -2.42. The van der Waals surface area contributed by atoms with Crippen LogP contribution < -0.4 is 5.32 Å². The van der Waals surface area contributed by atoms with Gasteiger partial charge in [0, 0.05) is 10.1 Å². The van der Waals surface area contributed by atoms with E-state index in [2.05, 4.69) is 30.4 Å². The summed E-state index contributed by atoms with van der Waals surface area (Å²) in [5.74, 6) is 0. The lowest BCUT2D eigenvalue weighted by molar-refractivity contribution is 0.429. The second-order valence-corrected chi connectivity index (χ2v) is 5.93. The van der Waals surface area contributed by atoms with Gasteiger partial charge in [0.15, 0.2) is 0 Å². The quantitative estimate of drug-likeness (QED) is 0.783. The van der Waals surface area contributed by atoms with Crippen LogP contribution in [0.1, 0.15) is 27.2 Å². The van der Waals surface area contributed by atoms with Gasteiger partial charge in [0.05, 0.1) is 6.07 Å². The molecule has 0 aliphatic heterocycles. The van der Waals surface area contributed by atoms with E-state index in [4.69, 9.17) is 0 Å². The fraction of sp³-hybridized carbons (Fsp3) is 0.500. The second-order valence-electron chi connectivity index (χ2n) is 4.42. The van der Waals surface area contributed by atoms with Crippen molar-refractivity contribution in [3.8, 4) is 6.07 Å². The third-order valence-electron chi connectivity index (χ3n) is 2.59. The smallest absolute Gasteiger partial charge is 0.104 e. The number of nitrogens with one attached hydrogen (secondary N) is 1. The largest absolute Gasteiger partial charge is 0.300 e. The molecule has 2 atom stereocenters. The van der Waals surface area contributed by atoms with Gasteiger partial charge in [0.25, 0.3) is 0 Å². The van der Waals surface area contributed by atoms with Crippen molar-refractivity contribution in [3.63, 3.8) is 0 Å². The van der Waals surface area contributed by atoms with Crippen molar-refractivity contribution in [3.05, 3.63) is 30.3 Å². The molecule has 0 radical (unpaired) electrons. The summed E-state index contributed by atoms with van der Waals surface area (Å²) in [5, 5.41) is 12.9. The van der Waals surface area contributed by atoms with Crippen molar-refractivity contribution < 1.29 is 0 Å². The summed E-state index contributed by atoms with van der Waals surface area (Å²) in [5.41, 5.74) is -0.421. The summed E-state index contributed by atoms with van der Waals surface area (Å²) >= 11 is 1.82. The molecule has 1 rings (SSSR count). The minimum atomic E-state index is -0.421. The topological polar surface area (TPSA) is 35.8 Å². The average molecular weight is 248 g/mol. The van der Waals surface area contributed by atoms with Crippen LogP contribution >= 0.6 is 11.8 Å². The Hall–Kier alpha value is -0.980. The van der Waals surface area contributed by atoms with Crippen LogP contribution in [0, 0.1) is 11.3 Å². The maximum absolute atomic E-state index is 9.21. The van der Waals surface area contributed by atoms with E-state index in [9.17, 15) is 5.26 Å². The Morgan fingerprint density at radius 2 is 2.06 bits per heavy atom. The zero-order valence-electron chi connectivity index (χ0n) is 10.7. The third kappa shape index (κ3) is 4.80. The van der Waals surface area contributed by atoms with Crippen LogP contribution in [0.5, 0.6) is 0 Å². The van der Waals surface area contributed by atoms with Crippen LogP contribution in [0.15, 0.2) is 35.2 Å². The number of hydrogen-bond donors (Lipinski definition) is 1. The molecule has 0 aliphatic rings. The standard InChI is InChI=1S/C14H20N2S/c1-4-16-14(3,11-15)10-12(2)17-13-8-6-5-7-9-13/h5-9,12,16H,4,10H2,1-3H3. The Bertz CT molecular complexity index is 372. The fourth-order valence-electron chi connectivity index (χ4n) is 1.90. The number of hydrogen-bond acceptors (Lipinski definition) is 3. The van der Waals surface area contributed by atoms with Gasteiger partial charge in [-0.3, -0.25) is 5.32 Å². The molecule has 92 valence electrons. The molecule has 1 aromatic carbocycles. The molecular weight excluding hydrogens is 228 g/mol. The first-order chi connectivity index (χ1) is 8.09. The van der Waals surface area contributed by atoms with Crippen LogP contribution in [0.4, 0.5) is 0 Å². The highest BCUT2D eigenvalue weighted by Gasteiger charge is 2.25. The van der Waals surface area contributed by atoms with E-state index >= 15 is 0 Å². The van der Waals surface area contributed by atoms with Gasteiger partial charge in [-0.1, -0.05) is 32.0 Å². The number of nitriles is 1. The van der Waals surface area contributed by atoms with Gasteiger partial charge in [-0.05, 0) is 32.0 Å². The van der Waals surface area contributed by atoms with Gasteiger partial charge >= 0.3 is 0 Å². The predicted octanol–water partition coefficient (Wildman–Crippen LogP) is 3.45. The number of benzene rings is 1.